The molecule has 0 saturated carbocycles. The number of likely N-dealkylation sites (tertiary alicyclic amines) is 1. The maximum atomic E-state index is 14.1. The van der Waals surface area contributed by atoms with Crippen molar-refractivity contribution in [2.75, 3.05) is 32.5 Å². The van der Waals surface area contributed by atoms with Crippen molar-refractivity contribution in [2.24, 2.45) is 17.6 Å². The van der Waals surface area contributed by atoms with Crippen molar-refractivity contribution in [1.29, 1.82) is 0 Å². The molecule has 0 spiro atoms. The fourth-order valence-electron chi connectivity index (χ4n) is 8.04. The third-order valence-corrected chi connectivity index (χ3v) is 10.3. The van der Waals surface area contributed by atoms with E-state index in [-0.39, 0.29) is 17.4 Å². The molecule has 1 saturated heterocycles. The fraction of sp³-hybridized carbons (Fsp3) is 0.441. The number of benzene rings is 2. The summed E-state index contributed by atoms with van der Waals surface area (Å²) < 4.78 is 0. The number of phenolic OH excluding ortho intramolecular Hbond substituents is 1. The van der Waals surface area contributed by atoms with Crippen LogP contribution in [0.5, 0.6) is 5.75 Å². The van der Waals surface area contributed by atoms with Crippen LogP contribution in [-0.4, -0.2) is 104 Å². The van der Waals surface area contributed by atoms with Gasteiger partial charge in [-0.2, -0.15) is 0 Å². The number of nitrogens with one attached hydrogen (secondary N) is 1. The van der Waals surface area contributed by atoms with Crippen LogP contribution >= 0.6 is 0 Å². The highest BCUT2D eigenvalue weighted by molar-refractivity contribution is 6.25. The normalized spacial score (nSPS) is 30.3. The molecule has 8 N–H and O–H groups in total. The second-order valence-electron chi connectivity index (χ2n) is 13.2. The van der Waals surface area contributed by atoms with Crippen molar-refractivity contribution in [1.82, 2.24) is 9.80 Å². The lowest BCUT2D eigenvalue weighted by atomic mass is 9.55. The summed E-state index contributed by atoms with van der Waals surface area (Å²) in [7, 11) is 3.01. The molecular weight excluding hydrogens is 592 g/mol. The van der Waals surface area contributed by atoms with Gasteiger partial charge in [0, 0.05) is 37.2 Å². The number of carbonyl (C=O) groups is 3. The molecular formula is C34H40N4O8. The summed E-state index contributed by atoms with van der Waals surface area (Å²) in [6.07, 6.45) is -0.0166. The lowest BCUT2D eigenvalue weighted by Crippen LogP contribution is -2.68. The minimum atomic E-state index is -2.94. The first kappa shape index (κ1) is 31.7. The summed E-state index contributed by atoms with van der Waals surface area (Å²) in [5, 5.41) is 61.0. The predicted octanol–water partition coefficient (Wildman–Crippen LogP) is 1.73. The van der Waals surface area contributed by atoms with Crippen LogP contribution in [-0.2, 0) is 16.1 Å². The van der Waals surface area contributed by atoms with Gasteiger partial charge in [0.05, 0.1) is 29.3 Å². The van der Waals surface area contributed by atoms with Gasteiger partial charge in [0.2, 0.25) is 5.78 Å². The van der Waals surface area contributed by atoms with Gasteiger partial charge in [-0.25, -0.2) is 0 Å². The third-order valence-electron chi connectivity index (χ3n) is 10.3. The topological polar surface area (TPSA) is 197 Å². The quantitative estimate of drug-likeness (QED) is 0.181. The molecule has 0 bridgehead atoms. The summed E-state index contributed by atoms with van der Waals surface area (Å²) >= 11 is 0. The van der Waals surface area contributed by atoms with Gasteiger partial charge in [-0.3, -0.25) is 24.2 Å². The van der Waals surface area contributed by atoms with Gasteiger partial charge in [0.1, 0.15) is 22.8 Å². The van der Waals surface area contributed by atoms with E-state index in [9.17, 15) is 39.9 Å². The Morgan fingerprint density at radius 1 is 1.07 bits per heavy atom. The van der Waals surface area contributed by atoms with E-state index >= 15 is 0 Å². The average molecular weight is 633 g/mol. The average Bonchev–Trinajstić information content (AvgIpc) is 3.01. The number of nitrogens with two attached hydrogens (primary N) is 1. The number of hydrogen-bond acceptors (Lipinski definition) is 11. The van der Waals surface area contributed by atoms with Crippen molar-refractivity contribution in [3.8, 4) is 5.75 Å². The molecule has 1 fully saturated rings. The summed E-state index contributed by atoms with van der Waals surface area (Å²) in [6, 6.07) is 12.3. The van der Waals surface area contributed by atoms with Crippen LogP contribution in [0.1, 0.15) is 47.2 Å². The number of rotatable bonds is 6. The van der Waals surface area contributed by atoms with E-state index in [1.165, 1.54) is 24.6 Å². The highest BCUT2D eigenvalue weighted by Gasteiger charge is 2.67. The molecule has 1 aliphatic heterocycles. The fourth-order valence-corrected chi connectivity index (χ4v) is 8.04. The highest BCUT2D eigenvalue weighted by Crippen LogP contribution is 2.56. The molecule has 3 aliphatic carbocycles. The zero-order valence-corrected chi connectivity index (χ0v) is 26.0. The van der Waals surface area contributed by atoms with Gasteiger partial charge < -0.3 is 36.6 Å². The van der Waals surface area contributed by atoms with Crippen molar-refractivity contribution in [3.63, 3.8) is 0 Å². The molecule has 6 atom stereocenters. The number of primary amides is 1. The van der Waals surface area contributed by atoms with Gasteiger partial charge in [-0.15, -0.1) is 0 Å². The Hall–Kier alpha value is -4.23. The number of carbonyl (C=O) groups excluding carboxylic acids is 3. The predicted molar refractivity (Wildman–Crippen MR) is 168 cm³/mol. The first-order chi connectivity index (χ1) is 21.8. The Labute approximate surface area is 266 Å². The molecule has 6 unspecified atom stereocenters. The van der Waals surface area contributed by atoms with E-state index < -0.39 is 75.6 Å². The summed E-state index contributed by atoms with van der Waals surface area (Å²) in [5.41, 5.74) is 3.00. The minimum Gasteiger partial charge on any atom is -0.510 e. The van der Waals surface area contributed by atoms with E-state index in [1.807, 2.05) is 18.2 Å². The highest BCUT2D eigenvalue weighted by atomic mass is 16.4. The van der Waals surface area contributed by atoms with Gasteiger partial charge >= 0.3 is 0 Å². The Bertz CT molecular complexity index is 1660. The zero-order valence-electron chi connectivity index (χ0n) is 26.0. The maximum Gasteiger partial charge on any atom is 0.255 e. The SMILES string of the molecule is CC1c2ccc(NC3CCN(Cc4ccccc4)CC3)c(O)c2C(=O)C2=C(O)C3(O)C(=O)C(C(N)=O)=C(O)C(N(C)C)C3C(O)C21. The van der Waals surface area contributed by atoms with Crippen molar-refractivity contribution in [2.45, 2.75) is 56.0 Å². The van der Waals surface area contributed by atoms with E-state index in [0.717, 1.165) is 32.5 Å². The monoisotopic (exact) mass is 632 g/mol. The van der Waals surface area contributed by atoms with Crippen LogP contribution in [0.25, 0.3) is 0 Å². The van der Waals surface area contributed by atoms with E-state index in [2.05, 4.69) is 22.3 Å². The molecule has 2 aromatic rings. The van der Waals surface area contributed by atoms with E-state index in [0.29, 0.717) is 11.3 Å². The Kier molecular flexibility index (Phi) is 7.96. The van der Waals surface area contributed by atoms with Gasteiger partial charge in [-0.1, -0.05) is 43.3 Å². The Balaban J connectivity index is 1.33. The van der Waals surface area contributed by atoms with Crippen molar-refractivity contribution >= 4 is 23.2 Å². The molecule has 12 heteroatoms. The van der Waals surface area contributed by atoms with Gasteiger partial charge in [0.25, 0.3) is 5.91 Å². The first-order valence-electron chi connectivity index (χ1n) is 15.5. The molecule has 4 aliphatic rings. The first-order valence-corrected chi connectivity index (χ1v) is 15.5. The van der Waals surface area contributed by atoms with Crippen LogP contribution in [0, 0.1) is 11.8 Å². The standard InChI is InChI=1S/C34H40N4O8/c1-16-19-9-10-20(36-18-11-13-38(14-12-18)15-17-7-5-4-6-8-17)27(39)22(19)28(40)23-21(16)29(41)25-26(37(2)3)30(42)24(33(35)45)32(44)34(25,46)31(23)43/h4-10,16,18,21,25-26,29,36,39,41-43,46H,11-15H2,1-3H3,(H2,35,45). The number of likely N-dealkylation sites (N-methyl/N-ethyl adjacent to an activating group) is 1. The number of aliphatic hydroxyl groups excluding tert-OH is 3. The number of ketones is 2. The number of amides is 1. The Morgan fingerprint density at radius 2 is 1.72 bits per heavy atom. The number of Topliss-reactive ketones (excluding diaryl/α,β-unsaturated/α-hetero) is 2. The Morgan fingerprint density at radius 3 is 2.33 bits per heavy atom. The number of anilines is 1. The molecule has 1 heterocycles. The molecule has 0 radical (unpaired) electrons. The molecule has 244 valence electrons. The largest absolute Gasteiger partial charge is 0.510 e. The lowest BCUT2D eigenvalue weighted by Gasteiger charge is -2.53. The number of aliphatic hydroxyl groups is 4. The van der Waals surface area contributed by atoms with Crippen molar-refractivity contribution in [3.05, 3.63) is 81.8 Å². The number of aromatic hydroxyl groups is 1. The summed E-state index contributed by atoms with van der Waals surface area (Å²) in [6.45, 7) is 4.24. The van der Waals surface area contributed by atoms with Crippen LogP contribution in [0.2, 0.25) is 0 Å². The second kappa shape index (κ2) is 11.5. The van der Waals surface area contributed by atoms with Gasteiger partial charge in [0.15, 0.2) is 11.4 Å². The van der Waals surface area contributed by atoms with Gasteiger partial charge in [-0.05, 0) is 50.0 Å². The number of phenols is 1. The second-order valence-corrected chi connectivity index (χ2v) is 13.2. The number of nitrogens with zero attached hydrogens (tertiary/aromatic N) is 2. The van der Waals surface area contributed by atoms with Crippen LogP contribution in [0.15, 0.2) is 65.1 Å². The maximum absolute atomic E-state index is 14.1. The van der Waals surface area contributed by atoms with E-state index in [1.54, 1.807) is 19.1 Å². The third kappa shape index (κ3) is 4.70. The van der Waals surface area contributed by atoms with Crippen LogP contribution < -0.4 is 11.1 Å². The molecule has 46 heavy (non-hydrogen) atoms. The number of piperidine rings is 1. The summed E-state index contributed by atoms with van der Waals surface area (Å²) in [4.78, 5) is 43.7. The minimum absolute atomic E-state index is 0.0277. The lowest BCUT2D eigenvalue weighted by molar-refractivity contribution is -0.162. The smallest absolute Gasteiger partial charge is 0.255 e. The summed E-state index contributed by atoms with van der Waals surface area (Å²) in [5.74, 6) is -9.00. The molecule has 6 rings (SSSR count). The zero-order chi connectivity index (χ0) is 33.2. The molecule has 2 aromatic carbocycles. The van der Waals surface area contributed by atoms with Crippen LogP contribution in [0.3, 0.4) is 0 Å². The molecule has 12 nitrogen and oxygen atoms in total. The molecule has 0 aromatic heterocycles. The van der Waals surface area contributed by atoms with Crippen molar-refractivity contribution < 1.29 is 39.9 Å². The number of fused-ring (bicyclic) bond motifs is 3. The van der Waals surface area contributed by atoms with E-state index in [4.69, 9.17) is 5.73 Å². The molecule has 1 amide bonds. The van der Waals surface area contributed by atoms with Crippen LogP contribution in [0.4, 0.5) is 5.69 Å². The number of hydrogen-bond donors (Lipinski definition) is 7.